The molecule has 0 aromatic carbocycles. The van der Waals surface area contributed by atoms with E-state index in [0.717, 1.165) is 25.5 Å². The van der Waals surface area contributed by atoms with Gasteiger partial charge in [-0.15, -0.1) is 0 Å². The summed E-state index contributed by atoms with van der Waals surface area (Å²) in [6, 6.07) is -1.09. The van der Waals surface area contributed by atoms with Crippen molar-refractivity contribution in [3.63, 3.8) is 0 Å². The molecule has 0 bridgehead atoms. The number of hydrogen-bond donors (Lipinski definition) is 3. The second-order valence-electron chi connectivity index (χ2n) is 4.99. The molecule has 1 rings (SSSR count). The fourth-order valence-electron chi connectivity index (χ4n) is 2.04. The Morgan fingerprint density at radius 1 is 1.44 bits per heavy atom. The van der Waals surface area contributed by atoms with Crippen molar-refractivity contribution in [3.8, 4) is 0 Å². The van der Waals surface area contributed by atoms with Gasteiger partial charge in [-0.2, -0.15) is 0 Å². The summed E-state index contributed by atoms with van der Waals surface area (Å²) < 4.78 is 21.9. The van der Waals surface area contributed by atoms with Gasteiger partial charge in [-0.1, -0.05) is 12.8 Å². The van der Waals surface area contributed by atoms with Crippen molar-refractivity contribution in [2.45, 2.75) is 50.3 Å². The van der Waals surface area contributed by atoms with Crippen molar-refractivity contribution in [1.29, 1.82) is 0 Å². The lowest BCUT2D eigenvalue weighted by Gasteiger charge is -2.29. The van der Waals surface area contributed by atoms with E-state index in [0.29, 0.717) is 6.42 Å². The Kier molecular flexibility index (Phi) is 5.55. The normalized spacial score (nSPS) is 26.6. The number of carbonyl (C=O) groups is 1. The highest BCUT2D eigenvalue weighted by atomic mass is 32.2. The molecule has 1 aliphatic carbocycles. The molecule has 1 fully saturated rings. The van der Waals surface area contributed by atoms with E-state index in [1.54, 1.807) is 0 Å². The van der Waals surface area contributed by atoms with E-state index in [-0.39, 0.29) is 24.1 Å². The summed E-state index contributed by atoms with van der Waals surface area (Å²) in [5.41, 5.74) is 5.63. The van der Waals surface area contributed by atoms with Gasteiger partial charge < -0.3 is 16.2 Å². The summed E-state index contributed by atoms with van der Waals surface area (Å²) in [4.78, 5) is 11.7. The van der Waals surface area contributed by atoms with Crippen LogP contribution in [0, 0.1) is 0 Å². The van der Waals surface area contributed by atoms with E-state index in [2.05, 4.69) is 5.32 Å². The van der Waals surface area contributed by atoms with Gasteiger partial charge in [0, 0.05) is 6.26 Å². The molecule has 18 heavy (non-hydrogen) atoms. The Labute approximate surface area is 108 Å². The fraction of sp³-hybridized carbons (Fsp3) is 0.909. The largest absolute Gasteiger partial charge is 0.391 e. The lowest BCUT2D eigenvalue weighted by atomic mass is 9.92. The zero-order valence-corrected chi connectivity index (χ0v) is 11.4. The van der Waals surface area contributed by atoms with Gasteiger partial charge in [0.15, 0.2) is 0 Å². The number of sulfone groups is 1. The highest BCUT2D eigenvalue weighted by Crippen LogP contribution is 2.18. The second-order valence-corrected chi connectivity index (χ2v) is 7.25. The lowest BCUT2D eigenvalue weighted by Crippen LogP contribution is -2.51. The van der Waals surface area contributed by atoms with Crippen LogP contribution in [0.15, 0.2) is 0 Å². The Bertz CT molecular complexity index is 383. The Hall–Kier alpha value is -0.660. The average Bonchev–Trinajstić information content (AvgIpc) is 2.28. The van der Waals surface area contributed by atoms with Crippen LogP contribution < -0.4 is 11.1 Å². The summed E-state index contributed by atoms with van der Waals surface area (Å²) >= 11 is 0. The second kappa shape index (κ2) is 6.49. The SMILES string of the molecule is CS(=O)(=O)CCC(N)C(=O)NC1CCCCC1O. The average molecular weight is 278 g/mol. The standard InChI is InChI=1S/C11H22N2O4S/c1-18(16,17)7-6-8(12)11(15)13-9-4-2-3-5-10(9)14/h8-10,14H,2-7,12H2,1H3,(H,13,15). The third kappa shape index (κ3) is 5.32. The van der Waals surface area contributed by atoms with Crippen LogP contribution in [0.2, 0.25) is 0 Å². The maximum atomic E-state index is 11.7. The van der Waals surface area contributed by atoms with Crippen molar-refractivity contribution in [2.24, 2.45) is 5.73 Å². The third-order valence-corrected chi connectivity index (χ3v) is 4.17. The van der Waals surface area contributed by atoms with Gasteiger partial charge in [-0.3, -0.25) is 4.79 Å². The first kappa shape index (κ1) is 15.4. The number of aliphatic hydroxyl groups excluding tert-OH is 1. The molecule has 1 aliphatic rings. The fourth-order valence-corrected chi connectivity index (χ4v) is 2.72. The van der Waals surface area contributed by atoms with Crippen LogP contribution >= 0.6 is 0 Å². The van der Waals surface area contributed by atoms with E-state index >= 15 is 0 Å². The molecule has 3 unspecified atom stereocenters. The monoisotopic (exact) mass is 278 g/mol. The van der Waals surface area contributed by atoms with Crippen LogP contribution in [0.1, 0.15) is 32.1 Å². The van der Waals surface area contributed by atoms with Crippen molar-refractivity contribution < 1.29 is 18.3 Å². The molecule has 6 nitrogen and oxygen atoms in total. The maximum Gasteiger partial charge on any atom is 0.237 e. The maximum absolute atomic E-state index is 11.7. The predicted molar refractivity (Wildman–Crippen MR) is 68.7 cm³/mol. The van der Waals surface area contributed by atoms with E-state index in [1.807, 2.05) is 0 Å². The number of rotatable bonds is 5. The first-order valence-electron chi connectivity index (χ1n) is 6.21. The molecule has 3 atom stereocenters. The van der Waals surface area contributed by atoms with E-state index in [9.17, 15) is 18.3 Å². The number of nitrogens with two attached hydrogens (primary N) is 1. The molecular formula is C11H22N2O4S. The molecule has 0 aliphatic heterocycles. The number of hydrogen-bond acceptors (Lipinski definition) is 5. The van der Waals surface area contributed by atoms with Crippen molar-refractivity contribution in [1.82, 2.24) is 5.32 Å². The van der Waals surface area contributed by atoms with Crippen LogP contribution in [0.3, 0.4) is 0 Å². The molecule has 7 heteroatoms. The molecule has 0 radical (unpaired) electrons. The zero-order valence-electron chi connectivity index (χ0n) is 10.6. The highest BCUT2D eigenvalue weighted by molar-refractivity contribution is 7.90. The van der Waals surface area contributed by atoms with E-state index in [1.165, 1.54) is 0 Å². The van der Waals surface area contributed by atoms with Gasteiger partial charge in [0.25, 0.3) is 0 Å². The molecular weight excluding hydrogens is 256 g/mol. The molecule has 0 aromatic rings. The molecule has 0 aromatic heterocycles. The van der Waals surface area contributed by atoms with Gasteiger partial charge >= 0.3 is 0 Å². The molecule has 1 amide bonds. The topological polar surface area (TPSA) is 109 Å². The van der Waals surface area contributed by atoms with E-state index < -0.39 is 22.0 Å². The highest BCUT2D eigenvalue weighted by Gasteiger charge is 2.26. The summed E-state index contributed by atoms with van der Waals surface area (Å²) in [5, 5.41) is 12.4. The van der Waals surface area contributed by atoms with Gasteiger partial charge in [0.1, 0.15) is 9.84 Å². The summed E-state index contributed by atoms with van der Waals surface area (Å²) in [7, 11) is -3.11. The van der Waals surface area contributed by atoms with E-state index in [4.69, 9.17) is 5.73 Å². The van der Waals surface area contributed by atoms with Crippen LogP contribution in [-0.2, 0) is 14.6 Å². The van der Waals surface area contributed by atoms with Crippen LogP contribution in [0.25, 0.3) is 0 Å². The smallest absolute Gasteiger partial charge is 0.237 e. The quantitative estimate of drug-likeness (QED) is 0.608. The molecule has 0 heterocycles. The molecule has 1 saturated carbocycles. The number of aliphatic hydroxyl groups is 1. The van der Waals surface area contributed by atoms with Gasteiger partial charge in [0.05, 0.1) is 23.9 Å². The predicted octanol–water partition coefficient (Wildman–Crippen LogP) is -0.832. The van der Waals surface area contributed by atoms with Crippen molar-refractivity contribution in [2.75, 3.05) is 12.0 Å². The number of amides is 1. The minimum atomic E-state index is -3.11. The Morgan fingerprint density at radius 2 is 2.06 bits per heavy atom. The van der Waals surface area contributed by atoms with Crippen molar-refractivity contribution in [3.05, 3.63) is 0 Å². The lowest BCUT2D eigenvalue weighted by molar-refractivity contribution is -0.124. The Balaban J connectivity index is 2.39. The zero-order chi connectivity index (χ0) is 13.8. The minimum absolute atomic E-state index is 0.102. The van der Waals surface area contributed by atoms with Crippen molar-refractivity contribution >= 4 is 15.7 Å². The van der Waals surface area contributed by atoms with Gasteiger partial charge in [-0.05, 0) is 19.3 Å². The van der Waals surface area contributed by atoms with Gasteiger partial charge in [0.2, 0.25) is 5.91 Å². The number of nitrogens with one attached hydrogen (secondary N) is 1. The molecule has 106 valence electrons. The first-order valence-corrected chi connectivity index (χ1v) is 8.27. The molecule has 0 saturated heterocycles. The van der Waals surface area contributed by atoms with Crippen LogP contribution in [0.5, 0.6) is 0 Å². The van der Waals surface area contributed by atoms with Gasteiger partial charge in [-0.25, -0.2) is 8.42 Å². The first-order chi connectivity index (χ1) is 8.29. The minimum Gasteiger partial charge on any atom is -0.391 e. The summed E-state index contributed by atoms with van der Waals surface area (Å²) in [6.07, 6.45) is 4.06. The van der Waals surface area contributed by atoms with Crippen LogP contribution in [0.4, 0.5) is 0 Å². The Morgan fingerprint density at radius 3 is 2.61 bits per heavy atom. The summed E-state index contributed by atoms with van der Waals surface area (Å²) in [6.45, 7) is 0. The molecule has 0 spiro atoms. The third-order valence-electron chi connectivity index (χ3n) is 3.19. The summed E-state index contributed by atoms with van der Waals surface area (Å²) in [5.74, 6) is -0.487. The van der Waals surface area contributed by atoms with Crippen LogP contribution in [-0.4, -0.2) is 49.6 Å². The molecule has 4 N–H and O–H groups in total. The number of carbonyl (C=O) groups excluding carboxylic acids is 1.